The van der Waals surface area contributed by atoms with Gasteiger partial charge >= 0.3 is 0 Å². The molecule has 0 radical (unpaired) electrons. The summed E-state index contributed by atoms with van der Waals surface area (Å²) in [4.78, 5) is 5.52. The smallest absolute Gasteiger partial charge is 0.0714 e. The number of benzene rings is 1. The van der Waals surface area contributed by atoms with E-state index in [1.165, 1.54) is 0 Å². The number of hydrogen-bond acceptors (Lipinski definition) is 3. The monoisotopic (exact) mass is 246 g/mol. The molecule has 90 valence electrons. The summed E-state index contributed by atoms with van der Waals surface area (Å²) >= 11 is 1.84. The lowest BCUT2D eigenvalue weighted by atomic mass is 10.2. The molecule has 0 aliphatic carbocycles. The highest BCUT2D eigenvalue weighted by Gasteiger charge is 2.13. The average Bonchev–Trinajstić information content (AvgIpc) is 2.32. The average molecular weight is 246 g/mol. The second-order valence-corrected chi connectivity index (χ2v) is 6.01. The van der Waals surface area contributed by atoms with Crippen molar-refractivity contribution in [1.82, 2.24) is 4.98 Å². The Balaban J connectivity index is 2.48. The molecule has 2 nitrogen and oxygen atoms in total. The van der Waals surface area contributed by atoms with Crippen molar-refractivity contribution in [2.75, 3.05) is 5.73 Å². The van der Waals surface area contributed by atoms with Gasteiger partial charge in [-0.25, -0.2) is 0 Å². The van der Waals surface area contributed by atoms with Crippen molar-refractivity contribution in [3.8, 4) is 0 Å². The fourth-order valence-electron chi connectivity index (χ4n) is 1.58. The molecule has 1 unspecified atom stereocenters. The summed E-state index contributed by atoms with van der Waals surface area (Å²) in [6.07, 6.45) is 1.76. The molecule has 0 saturated heterocycles. The van der Waals surface area contributed by atoms with Crippen LogP contribution in [0.1, 0.15) is 20.8 Å². The Kier molecular flexibility index (Phi) is 3.57. The Bertz CT molecular complexity index is 523. The van der Waals surface area contributed by atoms with Crippen molar-refractivity contribution in [3.05, 3.63) is 30.5 Å². The Morgan fingerprint density at radius 3 is 2.59 bits per heavy atom. The van der Waals surface area contributed by atoms with Crippen LogP contribution in [0.15, 0.2) is 35.4 Å². The summed E-state index contributed by atoms with van der Waals surface area (Å²) in [5, 5.41) is 1.70. The highest BCUT2D eigenvalue weighted by atomic mass is 32.2. The van der Waals surface area contributed by atoms with Crippen LogP contribution in [0.3, 0.4) is 0 Å². The highest BCUT2D eigenvalue weighted by molar-refractivity contribution is 8.00. The van der Waals surface area contributed by atoms with E-state index in [0.717, 1.165) is 21.5 Å². The molecule has 2 N–H and O–H groups in total. The summed E-state index contributed by atoms with van der Waals surface area (Å²) in [5.41, 5.74) is 7.84. The second-order valence-electron chi connectivity index (χ2n) is 4.63. The molecule has 2 aromatic rings. The fourth-order valence-corrected chi connectivity index (χ4v) is 2.72. The van der Waals surface area contributed by atoms with Gasteiger partial charge in [-0.05, 0) is 12.0 Å². The summed E-state index contributed by atoms with van der Waals surface area (Å²) < 4.78 is 0. The number of thioether (sulfide) groups is 1. The van der Waals surface area contributed by atoms with Gasteiger partial charge < -0.3 is 5.73 Å². The van der Waals surface area contributed by atoms with E-state index in [9.17, 15) is 0 Å². The lowest BCUT2D eigenvalue weighted by Crippen LogP contribution is -2.06. The minimum atomic E-state index is 0.545. The van der Waals surface area contributed by atoms with Crippen LogP contribution < -0.4 is 5.73 Å². The van der Waals surface area contributed by atoms with Crippen molar-refractivity contribution in [1.29, 1.82) is 0 Å². The molecule has 2 rings (SSSR count). The van der Waals surface area contributed by atoms with Crippen molar-refractivity contribution < 1.29 is 0 Å². The number of anilines is 1. The van der Waals surface area contributed by atoms with Crippen molar-refractivity contribution in [2.45, 2.75) is 30.9 Å². The number of rotatable bonds is 3. The van der Waals surface area contributed by atoms with E-state index in [2.05, 4.69) is 31.8 Å². The Morgan fingerprint density at radius 2 is 1.88 bits per heavy atom. The van der Waals surface area contributed by atoms with Crippen LogP contribution in [-0.2, 0) is 0 Å². The molecular formula is C14H18N2S. The van der Waals surface area contributed by atoms with Gasteiger partial charge in [0, 0.05) is 15.5 Å². The Morgan fingerprint density at radius 1 is 1.18 bits per heavy atom. The summed E-state index contributed by atoms with van der Waals surface area (Å²) in [6, 6.07) is 8.16. The van der Waals surface area contributed by atoms with Gasteiger partial charge in [-0.3, -0.25) is 4.98 Å². The molecule has 3 heteroatoms. The number of hydrogen-bond donors (Lipinski definition) is 1. The first-order chi connectivity index (χ1) is 8.09. The molecule has 1 atom stereocenters. The molecule has 0 fully saturated rings. The number of aromatic nitrogens is 1. The minimum absolute atomic E-state index is 0.545. The number of fused-ring (bicyclic) bond motifs is 1. The van der Waals surface area contributed by atoms with Gasteiger partial charge in [0.25, 0.3) is 0 Å². The van der Waals surface area contributed by atoms with Gasteiger partial charge in [0.2, 0.25) is 0 Å². The van der Waals surface area contributed by atoms with Gasteiger partial charge in [0.1, 0.15) is 0 Å². The zero-order valence-electron chi connectivity index (χ0n) is 10.5. The van der Waals surface area contributed by atoms with E-state index in [-0.39, 0.29) is 0 Å². The lowest BCUT2D eigenvalue weighted by molar-refractivity contribution is 0.642. The molecule has 0 aliphatic rings. The first kappa shape index (κ1) is 12.2. The zero-order valence-corrected chi connectivity index (χ0v) is 11.3. The van der Waals surface area contributed by atoms with Gasteiger partial charge in [-0.1, -0.05) is 39.0 Å². The van der Waals surface area contributed by atoms with E-state index in [1.54, 1.807) is 6.20 Å². The molecule has 1 aromatic heterocycles. The fraction of sp³-hybridized carbons (Fsp3) is 0.357. The maximum absolute atomic E-state index is 6.05. The first-order valence-electron chi connectivity index (χ1n) is 5.89. The highest BCUT2D eigenvalue weighted by Crippen LogP contribution is 2.36. The van der Waals surface area contributed by atoms with Crippen molar-refractivity contribution >= 4 is 28.4 Å². The molecule has 0 aliphatic heterocycles. The van der Waals surface area contributed by atoms with E-state index >= 15 is 0 Å². The van der Waals surface area contributed by atoms with Crippen LogP contribution in [0, 0.1) is 5.92 Å². The van der Waals surface area contributed by atoms with Gasteiger partial charge in [0.15, 0.2) is 0 Å². The predicted octanol–water partition coefficient (Wildman–Crippen LogP) is 3.95. The third-order valence-electron chi connectivity index (χ3n) is 3.00. The van der Waals surface area contributed by atoms with Crippen LogP contribution in [0.2, 0.25) is 0 Å². The number of nitrogens with zero attached hydrogens (tertiary/aromatic N) is 1. The van der Waals surface area contributed by atoms with E-state index in [1.807, 2.05) is 30.0 Å². The van der Waals surface area contributed by atoms with E-state index in [4.69, 9.17) is 5.73 Å². The first-order valence-corrected chi connectivity index (χ1v) is 6.77. The van der Waals surface area contributed by atoms with Crippen LogP contribution in [0.4, 0.5) is 5.69 Å². The van der Waals surface area contributed by atoms with Crippen LogP contribution in [0.25, 0.3) is 10.9 Å². The topological polar surface area (TPSA) is 38.9 Å². The predicted molar refractivity (Wildman–Crippen MR) is 76.3 cm³/mol. The van der Waals surface area contributed by atoms with Crippen molar-refractivity contribution in [2.24, 2.45) is 5.92 Å². The lowest BCUT2D eigenvalue weighted by Gasteiger charge is -2.17. The maximum Gasteiger partial charge on any atom is 0.0714 e. The molecule has 0 spiro atoms. The Hall–Kier alpha value is -1.22. The molecule has 0 bridgehead atoms. The SMILES string of the molecule is CC(C)C(C)Sc1c(N)cnc2ccccc12. The number of pyridine rings is 1. The van der Waals surface area contributed by atoms with Gasteiger partial charge in [-0.15, -0.1) is 11.8 Å². The van der Waals surface area contributed by atoms with Gasteiger partial charge in [0.05, 0.1) is 17.4 Å². The van der Waals surface area contributed by atoms with Crippen LogP contribution in [0.5, 0.6) is 0 Å². The van der Waals surface area contributed by atoms with Gasteiger partial charge in [-0.2, -0.15) is 0 Å². The summed E-state index contributed by atoms with van der Waals surface area (Å²) in [6.45, 7) is 6.71. The Labute approximate surface area is 107 Å². The standard InChI is InChI=1S/C14H18N2S/c1-9(2)10(3)17-14-11-6-4-5-7-13(11)16-8-12(14)15/h4-10H,15H2,1-3H3. The second kappa shape index (κ2) is 4.96. The molecule has 0 saturated carbocycles. The quantitative estimate of drug-likeness (QED) is 0.833. The minimum Gasteiger partial charge on any atom is -0.397 e. The van der Waals surface area contributed by atoms with E-state index in [0.29, 0.717) is 11.2 Å². The van der Waals surface area contributed by atoms with Crippen LogP contribution in [-0.4, -0.2) is 10.2 Å². The van der Waals surface area contributed by atoms with E-state index < -0.39 is 0 Å². The molecule has 17 heavy (non-hydrogen) atoms. The zero-order chi connectivity index (χ0) is 12.4. The van der Waals surface area contributed by atoms with Crippen LogP contribution >= 0.6 is 11.8 Å². The summed E-state index contributed by atoms with van der Waals surface area (Å²) in [7, 11) is 0. The maximum atomic E-state index is 6.05. The largest absolute Gasteiger partial charge is 0.397 e. The number of nitrogens with two attached hydrogens (primary N) is 1. The van der Waals surface area contributed by atoms with Crippen molar-refractivity contribution in [3.63, 3.8) is 0 Å². The molecular weight excluding hydrogens is 228 g/mol. The molecule has 1 aromatic carbocycles. The molecule has 1 heterocycles. The normalized spacial score (nSPS) is 13.2. The number of nitrogen functional groups attached to an aromatic ring is 1. The number of para-hydroxylation sites is 1. The third kappa shape index (κ3) is 2.55. The third-order valence-corrected chi connectivity index (χ3v) is 4.60. The molecule has 0 amide bonds. The summed E-state index contributed by atoms with van der Waals surface area (Å²) in [5.74, 6) is 0.631.